The van der Waals surface area contributed by atoms with Gasteiger partial charge in [-0.3, -0.25) is 0 Å². The highest BCUT2D eigenvalue weighted by Gasteiger charge is 2.11. The van der Waals surface area contributed by atoms with Gasteiger partial charge in [0.05, 0.1) is 0 Å². The van der Waals surface area contributed by atoms with Crippen LogP contribution in [0.2, 0.25) is 20.1 Å². The summed E-state index contributed by atoms with van der Waals surface area (Å²) in [6.45, 7) is 0. The SMILES string of the molecule is N#CN=C(SCc1c(Cl)cccc1Cl)SCc1c(Cl)cccc1Cl. The molecule has 0 saturated heterocycles. The first-order chi connectivity index (χ1) is 11.5. The van der Waals surface area contributed by atoms with E-state index in [1.807, 2.05) is 6.19 Å². The molecule has 0 bridgehead atoms. The van der Waals surface area contributed by atoms with Gasteiger partial charge in [0.15, 0.2) is 0 Å². The molecule has 0 heterocycles. The molecule has 0 aliphatic rings. The van der Waals surface area contributed by atoms with Crippen molar-refractivity contribution in [3.05, 3.63) is 67.6 Å². The number of hydrogen-bond donors (Lipinski definition) is 0. The van der Waals surface area contributed by atoms with Crippen molar-refractivity contribution >= 4 is 74.3 Å². The molecular formula is C16H10Cl4N2S2. The molecule has 0 N–H and O–H groups in total. The fourth-order valence-corrected chi connectivity index (χ4v) is 5.19. The topological polar surface area (TPSA) is 36.1 Å². The van der Waals surface area contributed by atoms with Gasteiger partial charge in [-0.15, -0.1) is 0 Å². The molecule has 24 heavy (non-hydrogen) atoms. The van der Waals surface area contributed by atoms with Crippen molar-refractivity contribution in [1.29, 1.82) is 5.26 Å². The molecule has 0 amide bonds. The third-order valence-electron chi connectivity index (χ3n) is 2.94. The molecule has 8 heteroatoms. The van der Waals surface area contributed by atoms with Crippen LogP contribution in [0.4, 0.5) is 0 Å². The molecule has 0 radical (unpaired) electrons. The van der Waals surface area contributed by atoms with Crippen LogP contribution in [-0.4, -0.2) is 4.38 Å². The normalized spacial score (nSPS) is 10.3. The molecule has 0 fully saturated rings. The van der Waals surface area contributed by atoms with Gasteiger partial charge >= 0.3 is 0 Å². The Morgan fingerprint density at radius 3 is 1.54 bits per heavy atom. The molecule has 2 nitrogen and oxygen atoms in total. The number of benzene rings is 2. The van der Waals surface area contributed by atoms with Crippen LogP contribution in [-0.2, 0) is 11.5 Å². The van der Waals surface area contributed by atoms with Crippen LogP contribution in [0, 0.1) is 11.5 Å². The van der Waals surface area contributed by atoms with Crippen molar-refractivity contribution in [3.8, 4) is 6.19 Å². The molecular weight excluding hydrogens is 426 g/mol. The molecule has 0 spiro atoms. The van der Waals surface area contributed by atoms with Crippen LogP contribution >= 0.6 is 69.9 Å². The molecule has 0 saturated carbocycles. The molecule has 2 aromatic rings. The monoisotopic (exact) mass is 434 g/mol. The minimum absolute atomic E-state index is 0.516. The van der Waals surface area contributed by atoms with Gasteiger partial charge in [0.1, 0.15) is 4.38 Å². The third kappa shape index (κ3) is 5.49. The van der Waals surface area contributed by atoms with Gasteiger partial charge in [-0.2, -0.15) is 10.3 Å². The van der Waals surface area contributed by atoms with E-state index in [2.05, 4.69) is 4.99 Å². The Bertz CT molecular complexity index is 705. The van der Waals surface area contributed by atoms with Crippen molar-refractivity contribution in [2.24, 2.45) is 4.99 Å². The average Bonchev–Trinajstić information content (AvgIpc) is 2.53. The second-order valence-corrected chi connectivity index (χ2v) is 8.27. The minimum Gasteiger partial charge on any atom is -0.170 e. The summed E-state index contributed by atoms with van der Waals surface area (Å²) in [5.41, 5.74) is 1.63. The lowest BCUT2D eigenvalue weighted by molar-refractivity contribution is 1.41. The summed E-state index contributed by atoms with van der Waals surface area (Å²) in [6, 6.07) is 10.7. The van der Waals surface area contributed by atoms with Gasteiger partial charge in [-0.05, 0) is 35.4 Å². The van der Waals surface area contributed by atoms with Crippen molar-refractivity contribution in [2.45, 2.75) is 11.5 Å². The second-order valence-electron chi connectivity index (χ2n) is 4.46. The molecule has 2 rings (SSSR count). The molecule has 2 aromatic carbocycles. The fourth-order valence-electron chi connectivity index (χ4n) is 1.76. The van der Waals surface area contributed by atoms with E-state index in [-0.39, 0.29) is 0 Å². The quantitative estimate of drug-likeness (QED) is 0.287. The Morgan fingerprint density at radius 2 is 1.21 bits per heavy atom. The van der Waals surface area contributed by atoms with E-state index >= 15 is 0 Å². The van der Waals surface area contributed by atoms with Gasteiger partial charge < -0.3 is 0 Å². The second kappa shape index (κ2) is 9.82. The van der Waals surface area contributed by atoms with Gasteiger partial charge in [-0.25, -0.2) is 0 Å². The maximum atomic E-state index is 8.88. The summed E-state index contributed by atoms with van der Waals surface area (Å²) in [6.07, 6.45) is 1.81. The van der Waals surface area contributed by atoms with E-state index in [0.29, 0.717) is 36.0 Å². The number of hydrogen-bond acceptors (Lipinski definition) is 4. The smallest absolute Gasteiger partial charge is 0.170 e. The van der Waals surface area contributed by atoms with Gasteiger partial charge in [0.25, 0.3) is 0 Å². The minimum atomic E-state index is 0.516. The Hall–Kier alpha value is -0.540. The van der Waals surface area contributed by atoms with Crippen LogP contribution in [0.5, 0.6) is 0 Å². The number of thioether (sulfide) groups is 2. The first-order valence-corrected chi connectivity index (χ1v) is 10.1. The zero-order chi connectivity index (χ0) is 17.5. The zero-order valence-corrected chi connectivity index (χ0v) is 16.8. The van der Waals surface area contributed by atoms with Crippen molar-refractivity contribution in [1.82, 2.24) is 0 Å². The van der Waals surface area contributed by atoms with E-state index < -0.39 is 0 Å². The summed E-state index contributed by atoms with van der Waals surface area (Å²) < 4.78 is 0.601. The van der Waals surface area contributed by atoms with Crippen LogP contribution in [0.1, 0.15) is 11.1 Å². The van der Waals surface area contributed by atoms with E-state index in [9.17, 15) is 0 Å². The summed E-state index contributed by atoms with van der Waals surface area (Å²) in [5.74, 6) is 1.03. The van der Waals surface area contributed by atoms with Gasteiger partial charge in [0.2, 0.25) is 6.19 Å². The van der Waals surface area contributed by atoms with Crippen LogP contribution < -0.4 is 0 Å². The van der Waals surface area contributed by atoms with E-state index in [1.165, 1.54) is 23.5 Å². The van der Waals surface area contributed by atoms with E-state index in [1.54, 1.807) is 36.4 Å². The van der Waals surface area contributed by atoms with Crippen molar-refractivity contribution in [2.75, 3.05) is 0 Å². The molecule has 0 unspecified atom stereocenters. The Morgan fingerprint density at radius 1 is 0.833 bits per heavy atom. The molecule has 0 aliphatic carbocycles. The third-order valence-corrected chi connectivity index (χ3v) is 6.61. The number of aliphatic imine (C=N–C) groups is 1. The van der Waals surface area contributed by atoms with Crippen LogP contribution in [0.3, 0.4) is 0 Å². The highest BCUT2D eigenvalue weighted by atomic mass is 35.5. The highest BCUT2D eigenvalue weighted by Crippen LogP contribution is 2.34. The van der Waals surface area contributed by atoms with Crippen molar-refractivity contribution < 1.29 is 0 Å². The molecule has 0 aromatic heterocycles. The zero-order valence-electron chi connectivity index (χ0n) is 12.1. The highest BCUT2D eigenvalue weighted by molar-refractivity contribution is 8.38. The van der Waals surface area contributed by atoms with Crippen LogP contribution in [0.25, 0.3) is 0 Å². The largest absolute Gasteiger partial charge is 0.207 e. The molecule has 124 valence electrons. The number of halogens is 4. The lowest BCUT2D eigenvalue weighted by Gasteiger charge is -2.09. The van der Waals surface area contributed by atoms with E-state index in [4.69, 9.17) is 51.7 Å². The standard InChI is InChI=1S/C16H10Cl4N2S2/c17-12-3-1-4-13(18)10(12)7-23-16(22-9-21)24-8-11-14(19)5-2-6-15(11)20/h1-6H,7-8H2. The van der Waals surface area contributed by atoms with Gasteiger partial charge in [0, 0.05) is 31.6 Å². The fraction of sp³-hybridized carbons (Fsp3) is 0.125. The summed E-state index contributed by atoms with van der Waals surface area (Å²) in [5, 5.41) is 11.2. The molecule has 0 aliphatic heterocycles. The van der Waals surface area contributed by atoms with Crippen molar-refractivity contribution in [3.63, 3.8) is 0 Å². The maximum Gasteiger partial charge on any atom is 0.207 e. The van der Waals surface area contributed by atoms with Crippen LogP contribution in [0.15, 0.2) is 41.4 Å². The van der Waals surface area contributed by atoms with E-state index in [0.717, 1.165) is 11.1 Å². The Balaban J connectivity index is 2.06. The number of nitrogens with zero attached hydrogens (tertiary/aromatic N) is 2. The molecule has 0 atom stereocenters. The predicted molar refractivity (Wildman–Crippen MR) is 109 cm³/mol. The Labute approximate surface area is 169 Å². The summed E-state index contributed by atoms with van der Waals surface area (Å²) >= 11 is 27.4. The lowest BCUT2D eigenvalue weighted by Crippen LogP contribution is -1.93. The number of nitriles is 1. The Kier molecular flexibility index (Phi) is 8.09. The first kappa shape index (κ1) is 19.8. The maximum absolute atomic E-state index is 8.88. The average molecular weight is 436 g/mol. The predicted octanol–water partition coefficient (Wildman–Crippen LogP) is 7.30. The van der Waals surface area contributed by atoms with Gasteiger partial charge in [-0.1, -0.05) is 82.1 Å². The number of rotatable bonds is 4. The first-order valence-electron chi connectivity index (χ1n) is 6.61. The lowest BCUT2D eigenvalue weighted by atomic mass is 10.2. The summed E-state index contributed by atoms with van der Waals surface area (Å²) in [7, 11) is 0. The summed E-state index contributed by atoms with van der Waals surface area (Å²) in [4.78, 5) is 3.85.